The first-order chi connectivity index (χ1) is 8.81. The molecule has 0 aliphatic carbocycles. The van der Waals surface area contributed by atoms with Crippen molar-refractivity contribution in [2.45, 2.75) is 39.2 Å². The van der Waals surface area contributed by atoms with Crippen LogP contribution in [-0.4, -0.2) is 15.0 Å². The first kappa shape index (κ1) is 12.6. The topological polar surface area (TPSA) is 56.7 Å². The second kappa shape index (κ2) is 6.19. The summed E-state index contributed by atoms with van der Waals surface area (Å²) in [5, 5.41) is 8.14. The largest absolute Gasteiger partial charge is 0.399 e. The van der Waals surface area contributed by atoms with E-state index in [1.54, 1.807) is 6.20 Å². The van der Waals surface area contributed by atoms with Crippen molar-refractivity contribution < 1.29 is 0 Å². The molecule has 2 N–H and O–H groups in total. The highest BCUT2D eigenvalue weighted by Gasteiger charge is 2.06. The smallest absolute Gasteiger partial charge is 0.0886 e. The molecule has 18 heavy (non-hydrogen) atoms. The number of rotatable bonds is 6. The van der Waals surface area contributed by atoms with E-state index in [0.29, 0.717) is 0 Å². The van der Waals surface area contributed by atoms with Gasteiger partial charge in [-0.2, -0.15) is 0 Å². The van der Waals surface area contributed by atoms with Gasteiger partial charge in [-0.25, -0.2) is 4.68 Å². The Labute approximate surface area is 108 Å². The van der Waals surface area contributed by atoms with E-state index in [-0.39, 0.29) is 0 Å². The van der Waals surface area contributed by atoms with Gasteiger partial charge in [0.2, 0.25) is 0 Å². The number of nitrogens with two attached hydrogens (primary N) is 1. The standard InChI is InChI=1S/C14H20N4/c1-2-3-4-5-9-18-14(11-16-17-18)12-7-6-8-13(15)10-12/h6-8,10-11H,2-5,9,15H2,1H3. The van der Waals surface area contributed by atoms with Gasteiger partial charge in [-0.05, 0) is 18.6 Å². The average Bonchev–Trinajstić information content (AvgIpc) is 2.83. The van der Waals surface area contributed by atoms with E-state index in [1.165, 1.54) is 19.3 Å². The summed E-state index contributed by atoms with van der Waals surface area (Å²) in [7, 11) is 0. The van der Waals surface area contributed by atoms with Gasteiger partial charge in [0.1, 0.15) is 0 Å². The SMILES string of the molecule is CCCCCCn1nncc1-c1cccc(N)c1. The zero-order valence-electron chi connectivity index (χ0n) is 10.8. The Morgan fingerprint density at radius 2 is 2.11 bits per heavy atom. The third-order valence-electron chi connectivity index (χ3n) is 3.02. The van der Waals surface area contributed by atoms with Crippen LogP contribution < -0.4 is 5.73 Å². The van der Waals surface area contributed by atoms with Crippen LogP contribution in [-0.2, 0) is 6.54 Å². The van der Waals surface area contributed by atoms with Crippen LogP contribution in [0.5, 0.6) is 0 Å². The molecule has 0 aliphatic heterocycles. The first-order valence-electron chi connectivity index (χ1n) is 6.55. The fraction of sp³-hybridized carbons (Fsp3) is 0.429. The van der Waals surface area contributed by atoms with Crippen LogP contribution in [0.4, 0.5) is 5.69 Å². The molecule has 0 radical (unpaired) electrons. The number of aryl methyl sites for hydroxylation is 1. The summed E-state index contributed by atoms with van der Waals surface area (Å²) < 4.78 is 1.96. The fourth-order valence-electron chi connectivity index (χ4n) is 2.03. The van der Waals surface area contributed by atoms with Gasteiger partial charge in [0, 0.05) is 17.8 Å². The summed E-state index contributed by atoms with van der Waals surface area (Å²) in [4.78, 5) is 0. The van der Waals surface area contributed by atoms with Crippen molar-refractivity contribution in [1.82, 2.24) is 15.0 Å². The summed E-state index contributed by atoms with van der Waals surface area (Å²) in [6.07, 6.45) is 6.72. The molecule has 0 aliphatic rings. The zero-order valence-corrected chi connectivity index (χ0v) is 10.8. The molecule has 2 aromatic rings. The number of nitrogen functional groups attached to an aromatic ring is 1. The Balaban J connectivity index is 2.08. The lowest BCUT2D eigenvalue weighted by molar-refractivity contribution is 0.531. The summed E-state index contributed by atoms with van der Waals surface area (Å²) >= 11 is 0. The van der Waals surface area contributed by atoms with E-state index in [9.17, 15) is 0 Å². The Bertz CT molecular complexity index is 490. The maximum atomic E-state index is 5.80. The number of aromatic nitrogens is 3. The molecule has 0 saturated heterocycles. The van der Waals surface area contributed by atoms with Crippen LogP contribution in [0.3, 0.4) is 0 Å². The van der Waals surface area contributed by atoms with Crippen LogP contribution in [0.2, 0.25) is 0 Å². The van der Waals surface area contributed by atoms with E-state index < -0.39 is 0 Å². The molecule has 96 valence electrons. The summed E-state index contributed by atoms with van der Waals surface area (Å²) in [6.45, 7) is 3.14. The van der Waals surface area contributed by atoms with Crippen LogP contribution in [0, 0.1) is 0 Å². The molecule has 0 amide bonds. The quantitative estimate of drug-likeness (QED) is 0.627. The number of unbranched alkanes of at least 4 members (excludes halogenated alkanes) is 3. The third-order valence-corrected chi connectivity index (χ3v) is 3.02. The van der Waals surface area contributed by atoms with E-state index in [1.807, 2.05) is 28.9 Å². The molecule has 0 saturated carbocycles. The van der Waals surface area contributed by atoms with Gasteiger partial charge in [0.05, 0.1) is 11.9 Å². The molecule has 1 aromatic carbocycles. The number of anilines is 1. The molecule has 1 heterocycles. The van der Waals surface area contributed by atoms with Gasteiger partial charge in [0.15, 0.2) is 0 Å². The number of benzene rings is 1. The number of nitrogens with zero attached hydrogens (tertiary/aromatic N) is 3. The molecule has 1 aromatic heterocycles. The Morgan fingerprint density at radius 3 is 2.89 bits per heavy atom. The van der Waals surface area contributed by atoms with Crippen molar-refractivity contribution >= 4 is 5.69 Å². The lowest BCUT2D eigenvalue weighted by Crippen LogP contribution is -2.03. The molecule has 4 nitrogen and oxygen atoms in total. The van der Waals surface area contributed by atoms with Crippen molar-refractivity contribution in [3.8, 4) is 11.3 Å². The van der Waals surface area contributed by atoms with Crippen LogP contribution in [0.25, 0.3) is 11.3 Å². The van der Waals surface area contributed by atoms with Crippen molar-refractivity contribution in [3.05, 3.63) is 30.5 Å². The van der Waals surface area contributed by atoms with Gasteiger partial charge >= 0.3 is 0 Å². The van der Waals surface area contributed by atoms with E-state index in [0.717, 1.165) is 29.9 Å². The molecule has 0 spiro atoms. The predicted molar refractivity (Wildman–Crippen MR) is 74.0 cm³/mol. The summed E-state index contributed by atoms with van der Waals surface area (Å²) in [5.41, 5.74) is 8.69. The molecule has 0 atom stereocenters. The minimum atomic E-state index is 0.770. The van der Waals surface area contributed by atoms with Crippen LogP contribution in [0.15, 0.2) is 30.5 Å². The monoisotopic (exact) mass is 244 g/mol. The zero-order chi connectivity index (χ0) is 12.8. The highest BCUT2D eigenvalue weighted by molar-refractivity contribution is 5.63. The van der Waals surface area contributed by atoms with Gasteiger partial charge < -0.3 is 5.73 Å². The number of hydrogen-bond acceptors (Lipinski definition) is 3. The second-order valence-corrected chi connectivity index (χ2v) is 4.53. The molecule has 2 rings (SSSR count). The highest BCUT2D eigenvalue weighted by Crippen LogP contribution is 2.20. The second-order valence-electron chi connectivity index (χ2n) is 4.53. The van der Waals surface area contributed by atoms with Gasteiger partial charge in [-0.3, -0.25) is 0 Å². The Hall–Kier alpha value is -1.84. The van der Waals surface area contributed by atoms with E-state index in [4.69, 9.17) is 5.73 Å². The predicted octanol–water partition coefficient (Wildman–Crippen LogP) is 3.11. The summed E-state index contributed by atoms with van der Waals surface area (Å²) in [6, 6.07) is 7.84. The molecule has 4 heteroatoms. The Morgan fingerprint density at radius 1 is 1.22 bits per heavy atom. The lowest BCUT2D eigenvalue weighted by atomic mass is 10.1. The molecule has 0 unspecified atom stereocenters. The molecular formula is C14H20N4. The molecule has 0 fully saturated rings. The number of hydrogen-bond donors (Lipinski definition) is 1. The van der Waals surface area contributed by atoms with Crippen LogP contribution in [0.1, 0.15) is 32.6 Å². The minimum Gasteiger partial charge on any atom is -0.399 e. The molecule has 0 bridgehead atoms. The molecular weight excluding hydrogens is 224 g/mol. The average molecular weight is 244 g/mol. The lowest BCUT2D eigenvalue weighted by Gasteiger charge is -2.06. The first-order valence-corrected chi connectivity index (χ1v) is 6.55. The van der Waals surface area contributed by atoms with Gasteiger partial charge in [0.25, 0.3) is 0 Å². The minimum absolute atomic E-state index is 0.770. The van der Waals surface area contributed by atoms with Crippen LogP contribution >= 0.6 is 0 Å². The normalized spacial score (nSPS) is 10.7. The fourth-order valence-corrected chi connectivity index (χ4v) is 2.03. The Kier molecular flexibility index (Phi) is 4.34. The highest BCUT2D eigenvalue weighted by atomic mass is 15.4. The van der Waals surface area contributed by atoms with E-state index in [2.05, 4.69) is 17.2 Å². The van der Waals surface area contributed by atoms with Crippen molar-refractivity contribution in [1.29, 1.82) is 0 Å². The van der Waals surface area contributed by atoms with E-state index >= 15 is 0 Å². The maximum absolute atomic E-state index is 5.80. The van der Waals surface area contributed by atoms with Crippen molar-refractivity contribution in [2.75, 3.05) is 5.73 Å². The maximum Gasteiger partial charge on any atom is 0.0886 e. The van der Waals surface area contributed by atoms with Crippen molar-refractivity contribution in [2.24, 2.45) is 0 Å². The van der Waals surface area contributed by atoms with Gasteiger partial charge in [-0.15, -0.1) is 5.10 Å². The van der Waals surface area contributed by atoms with Crippen molar-refractivity contribution in [3.63, 3.8) is 0 Å². The summed E-state index contributed by atoms with van der Waals surface area (Å²) in [5.74, 6) is 0. The van der Waals surface area contributed by atoms with Gasteiger partial charge in [-0.1, -0.05) is 43.5 Å². The third kappa shape index (κ3) is 3.09.